The van der Waals surface area contributed by atoms with Gasteiger partial charge >= 0.3 is 0 Å². The summed E-state index contributed by atoms with van der Waals surface area (Å²) in [6.45, 7) is 0.302. The van der Waals surface area contributed by atoms with Crippen molar-refractivity contribution in [3.8, 4) is 0 Å². The highest BCUT2D eigenvalue weighted by Crippen LogP contribution is 2.22. The first kappa shape index (κ1) is 21.8. The number of nitrogens with two attached hydrogens (primary N) is 1. The largest absolute Gasteiger partial charge is 0.334 e. The second kappa shape index (κ2) is 8.43. The average Bonchev–Trinajstić information content (AvgIpc) is 3.01. The molecule has 0 aliphatic carbocycles. The number of hydrogen-bond donors (Lipinski definition) is 1. The molecule has 0 radical (unpaired) electrons. The van der Waals surface area contributed by atoms with Crippen molar-refractivity contribution in [2.45, 2.75) is 23.8 Å². The summed E-state index contributed by atoms with van der Waals surface area (Å²) < 4.78 is 46.6. The Morgan fingerprint density at radius 3 is 2.24 bits per heavy atom. The molecule has 3 rings (SSSR count). The molecule has 1 heterocycles. The van der Waals surface area contributed by atoms with Gasteiger partial charge in [-0.2, -0.15) is 0 Å². The van der Waals surface area contributed by atoms with Crippen molar-refractivity contribution in [3.05, 3.63) is 64.7 Å². The highest BCUT2D eigenvalue weighted by atomic mass is 35.5. The van der Waals surface area contributed by atoms with Crippen LogP contribution in [0, 0.1) is 0 Å². The zero-order valence-corrected chi connectivity index (χ0v) is 17.9. The molecule has 10 heteroatoms. The Kier molecular flexibility index (Phi) is 6.33. The van der Waals surface area contributed by atoms with Crippen molar-refractivity contribution in [2.24, 2.45) is 5.14 Å². The van der Waals surface area contributed by atoms with Crippen LogP contribution >= 0.6 is 11.6 Å². The summed E-state index contributed by atoms with van der Waals surface area (Å²) >= 11 is 5.89. The van der Waals surface area contributed by atoms with Gasteiger partial charge in [-0.15, -0.1) is 0 Å². The van der Waals surface area contributed by atoms with Gasteiger partial charge < -0.3 is 4.90 Å². The van der Waals surface area contributed by atoms with Crippen LogP contribution in [-0.4, -0.2) is 51.7 Å². The highest BCUT2D eigenvalue weighted by molar-refractivity contribution is 7.91. The second-order valence-corrected chi connectivity index (χ2v) is 11.2. The van der Waals surface area contributed by atoms with Crippen LogP contribution in [0.1, 0.15) is 22.3 Å². The first-order chi connectivity index (χ1) is 13.5. The maximum atomic E-state index is 13.1. The van der Waals surface area contributed by atoms with Gasteiger partial charge in [-0.3, -0.25) is 4.79 Å². The molecule has 2 aromatic rings. The summed E-state index contributed by atoms with van der Waals surface area (Å²) in [5.41, 5.74) is 1.25. The van der Waals surface area contributed by atoms with Crippen LogP contribution in [0.4, 0.5) is 0 Å². The minimum Gasteiger partial charge on any atom is -0.334 e. The van der Waals surface area contributed by atoms with Crippen molar-refractivity contribution in [3.63, 3.8) is 0 Å². The number of primary sulfonamides is 1. The van der Waals surface area contributed by atoms with Crippen molar-refractivity contribution in [1.82, 2.24) is 4.90 Å². The lowest BCUT2D eigenvalue weighted by atomic mass is 10.1. The number of benzene rings is 2. The van der Waals surface area contributed by atoms with Gasteiger partial charge in [0.25, 0.3) is 5.91 Å². The fourth-order valence-electron chi connectivity index (χ4n) is 3.32. The number of amides is 1. The van der Waals surface area contributed by atoms with E-state index in [0.29, 0.717) is 30.0 Å². The zero-order valence-electron chi connectivity index (χ0n) is 15.5. The zero-order chi connectivity index (χ0) is 21.2. The number of carbonyl (C=O) groups is 1. The molecule has 1 atom stereocenters. The molecule has 0 aromatic heterocycles. The normalized spacial score (nSPS) is 18.5. The molecule has 156 valence electrons. The lowest BCUT2D eigenvalue weighted by Crippen LogP contribution is -2.42. The van der Waals surface area contributed by atoms with Gasteiger partial charge in [0.2, 0.25) is 10.0 Å². The van der Waals surface area contributed by atoms with Crippen LogP contribution < -0.4 is 5.14 Å². The summed E-state index contributed by atoms with van der Waals surface area (Å²) in [4.78, 5) is 14.6. The van der Waals surface area contributed by atoms with E-state index in [1.165, 1.54) is 12.1 Å². The van der Waals surface area contributed by atoms with Crippen molar-refractivity contribution in [1.29, 1.82) is 0 Å². The van der Waals surface area contributed by atoms with Crippen LogP contribution in [0.2, 0.25) is 5.02 Å². The smallest absolute Gasteiger partial charge is 0.254 e. The molecule has 2 N–H and O–H groups in total. The fourth-order valence-corrected chi connectivity index (χ4v) is 5.70. The number of sulfonamides is 1. The molecule has 0 saturated carbocycles. The Labute approximate surface area is 175 Å². The van der Waals surface area contributed by atoms with Crippen LogP contribution in [0.15, 0.2) is 53.4 Å². The maximum Gasteiger partial charge on any atom is 0.254 e. The monoisotopic (exact) mass is 456 g/mol. The van der Waals surface area contributed by atoms with Gasteiger partial charge in [-0.25, -0.2) is 22.0 Å². The molecule has 7 nitrogen and oxygen atoms in total. The second-order valence-electron chi connectivity index (χ2n) is 7.00. The molecular formula is C19H21ClN2O5S2. The highest BCUT2D eigenvalue weighted by Gasteiger charge is 2.34. The van der Waals surface area contributed by atoms with Gasteiger partial charge in [0.15, 0.2) is 9.84 Å². The van der Waals surface area contributed by atoms with Crippen molar-refractivity contribution >= 4 is 37.4 Å². The minimum absolute atomic E-state index is 0.0113. The molecule has 2 aromatic carbocycles. The van der Waals surface area contributed by atoms with Gasteiger partial charge in [0, 0.05) is 23.2 Å². The fraction of sp³-hybridized carbons (Fsp3) is 0.316. The molecule has 1 amide bonds. The lowest BCUT2D eigenvalue weighted by Gasteiger charge is -2.28. The first-order valence-corrected chi connectivity index (χ1v) is 12.7. The summed E-state index contributed by atoms with van der Waals surface area (Å²) in [6, 6.07) is 12.2. The third kappa shape index (κ3) is 5.57. The molecular weight excluding hydrogens is 436 g/mol. The van der Waals surface area contributed by atoms with Crippen LogP contribution in [-0.2, 0) is 26.3 Å². The van der Waals surface area contributed by atoms with Crippen LogP contribution in [0.25, 0.3) is 0 Å². The Morgan fingerprint density at radius 2 is 1.72 bits per heavy atom. The van der Waals surface area contributed by atoms with Gasteiger partial charge in [-0.1, -0.05) is 23.7 Å². The SMILES string of the molecule is NS(=O)(=O)c1ccc(CCN(C(=O)c2ccc(Cl)cc2)C2CCS(=O)(=O)C2)cc1. The summed E-state index contributed by atoms with van der Waals surface area (Å²) in [5, 5.41) is 5.61. The van der Waals surface area contributed by atoms with E-state index in [0.717, 1.165) is 5.56 Å². The van der Waals surface area contributed by atoms with E-state index in [2.05, 4.69) is 0 Å². The molecule has 1 aliphatic rings. The van der Waals surface area contributed by atoms with E-state index in [1.807, 2.05) is 0 Å². The number of halogens is 1. The van der Waals surface area contributed by atoms with Gasteiger partial charge in [0.05, 0.1) is 16.4 Å². The minimum atomic E-state index is -3.77. The summed E-state index contributed by atoms with van der Waals surface area (Å²) in [6.07, 6.45) is 0.840. The van der Waals surface area contributed by atoms with Crippen molar-refractivity contribution < 1.29 is 21.6 Å². The summed E-state index contributed by atoms with van der Waals surface area (Å²) in [5.74, 6) is -0.258. The quantitative estimate of drug-likeness (QED) is 0.712. The Bertz CT molecular complexity index is 1100. The van der Waals surface area contributed by atoms with E-state index in [1.54, 1.807) is 41.3 Å². The van der Waals surface area contributed by atoms with Crippen LogP contribution in [0.3, 0.4) is 0 Å². The van der Waals surface area contributed by atoms with E-state index in [-0.39, 0.29) is 22.3 Å². The average molecular weight is 457 g/mol. The van der Waals surface area contributed by atoms with E-state index in [9.17, 15) is 21.6 Å². The number of sulfone groups is 1. The summed E-state index contributed by atoms with van der Waals surface area (Å²) in [7, 11) is -6.94. The van der Waals surface area contributed by atoms with Gasteiger partial charge in [-0.05, 0) is 54.8 Å². The molecule has 1 unspecified atom stereocenters. The van der Waals surface area contributed by atoms with Crippen LogP contribution in [0.5, 0.6) is 0 Å². The molecule has 29 heavy (non-hydrogen) atoms. The Balaban J connectivity index is 1.80. The lowest BCUT2D eigenvalue weighted by molar-refractivity contribution is 0.0699. The number of carbonyl (C=O) groups excluding carboxylic acids is 1. The predicted molar refractivity (Wildman–Crippen MR) is 111 cm³/mol. The van der Waals surface area contributed by atoms with E-state index in [4.69, 9.17) is 16.7 Å². The molecule has 0 bridgehead atoms. The standard InChI is InChI=1S/C19H21ClN2O5S2/c20-16-5-3-15(4-6-16)19(23)22(17-10-12-28(24,25)13-17)11-9-14-1-7-18(8-2-14)29(21,26)27/h1-8,17H,9-13H2,(H2,21,26,27). The van der Waals surface area contributed by atoms with E-state index >= 15 is 0 Å². The number of nitrogens with zero attached hydrogens (tertiary/aromatic N) is 1. The number of rotatable bonds is 6. The topological polar surface area (TPSA) is 115 Å². The third-order valence-corrected chi connectivity index (χ3v) is 7.83. The Morgan fingerprint density at radius 1 is 1.10 bits per heavy atom. The molecule has 1 fully saturated rings. The number of hydrogen-bond acceptors (Lipinski definition) is 5. The maximum absolute atomic E-state index is 13.1. The van der Waals surface area contributed by atoms with E-state index < -0.39 is 25.9 Å². The van der Waals surface area contributed by atoms with Crippen molar-refractivity contribution in [2.75, 3.05) is 18.1 Å². The Hall–Kier alpha value is -1.94. The van der Waals surface area contributed by atoms with Gasteiger partial charge in [0.1, 0.15) is 0 Å². The first-order valence-electron chi connectivity index (χ1n) is 8.94. The molecule has 1 aliphatic heterocycles. The predicted octanol–water partition coefficient (Wildman–Crippen LogP) is 1.86. The molecule has 0 spiro atoms. The molecule has 1 saturated heterocycles. The third-order valence-electron chi connectivity index (χ3n) is 4.89.